The summed E-state index contributed by atoms with van der Waals surface area (Å²) in [5, 5.41) is 12.3. The van der Waals surface area contributed by atoms with Crippen LogP contribution in [0, 0.1) is 12.7 Å². The Labute approximate surface area is 128 Å². The fourth-order valence-corrected chi connectivity index (χ4v) is 2.09. The highest BCUT2D eigenvalue weighted by molar-refractivity contribution is 5.89. The number of aromatic nitrogens is 2. The Balaban J connectivity index is 1.90. The number of hydrogen-bond acceptors (Lipinski definition) is 3. The lowest BCUT2D eigenvalue weighted by atomic mass is 10.2. The van der Waals surface area contributed by atoms with Crippen molar-refractivity contribution in [2.75, 3.05) is 12.4 Å². The molecule has 1 atom stereocenters. The van der Waals surface area contributed by atoms with Gasteiger partial charge in [-0.15, -0.1) is 0 Å². The number of aryl methyl sites for hydroxylation is 1. The monoisotopic (exact) mass is 306 g/mol. The zero-order chi connectivity index (χ0) is 16.1. The summed E-state index contributed by atoms with van der Waals surface area (Å²) >= 11 is 0. The number of halogens is 1. The molecule has 22 heavy (non-hydrogen) atoms. The molecule has 7 heteroatoms. The summed E-state index contributed by atoms with van der Waals surface area (Å²) in [5.74, 6) is -0.134. The number of H-pyrrole nitrogens is 1. The van der Waals surface area contributed by atoms with E-state index in [0.29, 0.717) is 17.9 Å². The molecule has 0 bridgehead atoms. The lowest BCUT2D eigenvalue weighted by Gasteiger charge is -2.14. The zero-order valence-electron chi connectivity index (χ0n) is 12.7. The van der Waals surface area contributed by atoms with Gasteiger partial charge in [0, 0.05) is 36.0 Å². The number of rotatable bonds is 5. The Morgan fingerprint density at radius 3 is 2.82 bits per heavy atom. The van der Waals surface area contributed by atoms with Crippen molar-refractivity contribution >= 4 is 11.7 Å². The van der Waals surface area contributed by atoms with Gasteiger partial charge in [-0.2, -0.15) is 5.10 Å². The summed E-state index contributed by atoms with van der Waals surface area (Å²) in [4.78, 5) is 11.9. The number of carbonyl (C=O) groups excluding carboxylic acids is 1. The first-order valence-corrected chi connectivity index (χ1v) is 6.89. The number of amides is 2. The average Bonchev–Trinajstić information content (AvgIpc) is 2.82. The van der Waals surface area contributed by atoms with E-state index in [9.17, 15) is 9.18 Å². The van der Waals surface area contributed by atoms with Gasteiger partial charge in [0.05, 0.1) is 12.8 Å². The van der Waals surface area contributed by atoms with E-state index in [-0.39, 0.29) is 6.04 Å². The Morgan fingerprint density at radius 1 is 1.41 bits per heavy atom. The van der Waals surface area contributed by atoms with E-state index < -0.39 is 11.8 Å². The van der Waals surface area contributed by atoms with Crippen molar-refractivity contribution in [1.29, 1.82) is 0 Å². The normalized spacial score (nSPS) is 11.8. The van der Waals surface area contributed by atoms with Crippen LogP contribution in [-0.4, -0.2) is 29.4 Å². The summed E-state index contributed by atoms with van der Waals surface area (Å²) in [5.41, 5.74) is 2.17. The molecule has 2 aromatic rings. The molecule has 6 nitrogen and oxygen atoms in total. The number of methoxy groups -OCH3 is 1. The molecule has 1 aromatic carbocycles. The van der Waals surface area contributed by atoms with Crippen molar-refractivity contribution in [2.45, 2.75) is 26.3 Å². The molecule has 0 aliphatic heterocycles. The molecule has 2 amide bonds. The molecule has 0 saturated carbocycles. The van der Waals surface area contributed by atoms with Crippen LogP contribution < -0.4 is 15.4 Å². The second-order valence-corrected chi connectivity index (χ2v) is 5.13. The fraction of sp³-hybridized carbons (Fsp3) is 0.333. The average molecular weight is 306 g/mol. The van der Waals surface area contributed by atoms with Crippen LogP contribution in [0.25, 0.3) is 0 Å². The van der Waals surface area contributed by atoms with E-state index >= 15 is 0 Å². The lowest BCUT2D eigenvalue weighted by molar-refractivity contribution is 0.249. The minimum Gasteiger partial charge on any atom is -0.497 e. The van der Waals surface area contributed by atoms with Crippen molar-refractivity contribution in [3.05, 3.63) is 41.5 Å². The molecule has 118 valence electrons. The van der Waals surface area contributed by atoms with Crippen LogP contribution in [0.2, 0.25) is 0 Å². The van der Waals surface area contributed by atoms with Gasteiger partial charge in [-0.1, -0.05) is 0 Å². The maximum atomic E-state index is 13.4. The first kappa shape index (κ1) is 15.8. The van der Waals surface area contributed by atoms with E-state index in [2.05, 4.69) is 20.8 Å². The van der Waals surface area contributed by atoms with E-state index in [1.807, 2.05) is 19.9 Å². The largest absolute Gasteiger partial charge is 0.497 e. The molecule has 0 spiro atoms. The van der Waals surface area contributed by atoms with Crippen LogP contribution >= 0.6 is 0 Å². The number of nitrogens with zero attached hydrogens (tertiary/aromatic N) is 1. The molecule has 3 N–H and O–H groups in total. The third-order valence-corrected chi connectivity index (χ3v) is 3.02. The van der Waals surface area contributed by atoms with Gasteiger partial charge < -0.3 is 15.4 Å². The van der Waals surface area contributed by atoms with Gasteiger partial charge in [-0.3, -0.25) is 5.10 Å². The number of urea groups is 1. The maximum absolute atomic E-state index is 13.4. The smallest absolute Gasteiger partial charge is 0.319 e. The van der Waals surface area contributed by atoms with Crippen LogP contribution in [-0.2, 0) is 6.42 Å². The first-order chi connectivity index (χ1) is 10.5. The van der Waals surface area contributed by atoms with Crippen LogP contribution in [0.3, 0.4) is 0 Å². The Hall–Kier alpha value is -2.57. The number of nitrogens with one attached hydrogen (secondary N) is 3. The second-order valence-electron chi connectivity index (χ2n) is 5.13. The number of aromatic amines is 1. The maximum Gasteiger partial charge on any atom is 0.319 e. The van der Waals surface area contributed by atoms with E-state index in [1.165, 1.54) is 19.2 Å². The summed E-state index contributed by atoms with van der Waals surface area (Å²) < 4.78 is 18.3. The van der Waals surface area contributed by atoms with Gasteiger partial charge in [-0.05, 0) is 26.0 Å². The molecule has 0 radical (unpaired) electrons. The summed E-state index contributed by atoms with van der Waals surface area (Å²) in [6.07, 6.45) is 0.601. The van der Waals surface area contributed by atoms with Gasteiger partial charge in [0.15, 0.2) is 0 Å². The molecule has 1 aromatic heterocycles. The predicted molar refractivity (Wildman–Crippen MR) is 81.6 cm³/mol. The van der Waals surface area contributed by atoms with Crippen molar-refractivity contribution in [3.63, 3.8) is 0 Å². The third kappa shape index (κ3) is 4.47. The molecule has 0 aliphatic carbocycles. The fourth-order valence-electron chi connectivity index (χ4n) is 2.09. The topological polar surface area (TPSA) is 79.0 Å². The molecular formula is C15H19FN4O2. The number of benzene rings is 1. The lowest BCUT2D eigenvalue weighted by Crippen LogP contribution is -2.37. The van der Waals surface area contributed by atoms with Crippen LogP contribution in [0.5, 0.6) is 5.75 Å². The molecule has 0 unspecified atom stereocenters. The van der Waals surface area contributed by atoms with Crippen LogP contribution in [0.15, 0.2) is 24.3 Å². The highest BCUT2D eigenvalue weighted by Gasteiger charge is 2.11. The molecular weight excluding hydrogens is 287 g/mol. The minimum atomic E-state index is -0.477. The summed E-state index contributed by atoms with van der Waals surface area (Å²) in [7, 11) is 1.44. The number of hydrogen-bond donors (Lipinski definition) is 3. The molecule has 0 aliphatic rings. The first-order valence-electron chi connectivity index (χ1n) is 6.89. The molecule has 1 heterocycles. The van der Waals surface area contributed by atoms with Gasteiger partial charge in [-0.25, -0.2) is 9.18 Å². The Kier molecular flexibility index (Phi) is 4.98. The van der Waals surface area contributed by atoms with E-state index in [0.717, 1.165) is 11.4 Å². The second kappa shape index (κ2) is 6.93. The van der Waals surface area contributed by atoms with Crippen molar-refractivity contribution in [2.24, 2.45) is 0 Å². The van der Waals surface area contributed by atoms with Crippen LogP contribution in [0.4, 0.5) is 14.9 Å². The Morgan fingerprint density at radius 2 is 2.18 bits per heavy atom. The van der Waals surface area contributed by atoms with Gasteiger partial charge in [0.1, 0.15) is 11.6 Å². The van der Waals surface area contributed by atoms with E-state index in [1.54, 1.807) is 6.07 Å². The quantitative estimate of drug-likeness (QED) is 0.794. The SMILES string of the molecule is COc1cc(F)cc(NC(=O)N[C@@H](C)Cc2cc(C)[nH]n2)c1. The van der Waals surface area contributed by atoms with Crippen molar-refractivity contribution < 1.29 is 13.9 Å². The highest BCUT2D eigenvalue weighted by Crippen LogP contribution is 2.19. The Bertz CT molecular complexity index is 657. The summed E-state index contributed by atoms with van der Waals surface area (Å²) in [6.45, 7) is 3.79. The third-order valence-electron chi connectivity index (χ3n) is 3.02. The summed E-state index contributed by atoms with van der Waals surface area (Å²) in [6, 6.07) is 5.42. The molecule has 0 saturated heterocycles. The van der Waals surface area contributed by atoms with Crippen LogP contribution in [0.1, 0.15) is 18.3 Å². The van der Waals surface area contributed by atoms with Gasteiger partial charge in [0.2, 0.25) is 0 Å². The number of ether oxygens (including phenoxy) is 1. The standard InChI is InChI=1S/C15H19FN4O2/c1-9(4-13-5-10(2)19-20-13)17-15(21)18-12-6-11(16)7-14(8-12)22-3/h5-9H,4H2,1-3H3,(H,19,20)(H2,17,18,21)/t9-/m0/s1. The predicted octanol–water partition coefficient (Wildman–Crippen LogP) is 2.62. The van der Waals surface area contributed by atoms with E-state index in [4.69, 9.17) is 4.74 Å². The van der Waals surface area contributed by atoms with Gasteiger partial charge in [0.25, 0.3) is 0 Å². The van der Waals surface area contributed by atoms with Crippen molar-refractivity contribution in [3.8, 4) is 5.75 Å². The van der Waals surface area contributed by atoms with Gasteiger partial charge >= 0.3 is 6.03 Å². The molecule has 2 rings (SSSR count). The minimum absolute atomic E-state index is 0.113. The molecule has 0 fully saturated rings. The zero-order valence-corrected chi connectivity index (χ0v) is 12.7. The highest BCUT2D eigenvalue weighted by atomic mass is 19.1. The number of anilines is 1. The number of carbonyl (C=O) groups is 1. The van der Waals surface area contributed by atoms with Crippen molar-refractivity contribution in [1.82, 2.24) is 15.5 Å².